The zero-order valence-electron chi connectivity index (χ0n) is 17.8. The first-order valence-corrected chi connectivity index (χ1v) is 11.3. The van der Waals surface area contributed by atoms with Gasteiger partial charge in [-0.2, -0.15) is 4.31 Å². The fraction of sp³-hybridized carbons (Fsp3) is 0.409. The number of benzene rings is 2. The fourth-order valence-electron chi connectivity index (χ4n) is 3.62. The van der Waals surface area contributed by atoms with Crippen molar-refractivity contribution in [1.29, 1.82) is 0 Å². The molecule has 1 aliphatic heterocycles. The molecule has 1 saturated heterocycles. The van der Waals surface area contributed by atoms with E-state index in [2.05, 4.69) is 0 Å². The molecule has 0 unspecified atom stereocenters. The summed E-state index contributed by atoms with van der Waals surface area (Å²) in [5.41, 5.74) is 1.86. The van der Waals surface area contributed by atoms with Crippen LogP contribution in [0, 0.1) is 6.92 Å². The van der Waals surface area contributed by atoms with Crippen molar-refractivity contribution in [3.05, 3.63) is 53.1 Å². The molecule has 0 atom stereocenters. The number of aryl methyl sites for hydroxylation is 1. The van der Waals surface area contributed by atoms with Crippen molar-refractivity contribution in [2.24, 2.45) is 0 Å². The topological polar surface area (TPSA) is 76.2 Å². The maximum atomic E-state index is 13.0. The largest absolute Gasteiger partial charge is 0.493 e. The third-order valence-corrected chi connectivity index (χ3v) is 7.37. The Morgan fingerprint density at radius 2 is 1.70 bits per heavy atom. The molecule has 0 aromatic heterocycles. The lowest BCUT2D eigenvalue weighted by Crippen LogP contribution is -2.29. The number of carbonyl (C=O) groups excluding carboxylic acids is 1. The number of amides is 1. The van der Waals surface area contributed by atoms with Crippen LogP contribution >= 0.6 is 0 Å². The summed E-state index contributed by atoms with van der Waals surface area (Å²) in [6.45, 7) is 3.16. The highest BCUT2D eigenvalue weighted by molar-refractivity contribution is 7.89. The van der Waals surface area contributed by atoms with E-state index in [-0.39, 0.29) is 10.8 Å². The molecule has 2 aromatic rings. The Hall–Kier alpha value is -2.58. The monoisotopic (exact) mass is 432 g/mol. The van der Waals surface area contributed by atoms with Crippen LogP contribution in [0.4, 0.5) is 0 Å². The van der Waals surface area contributed by atoms with Crippen molar-refractivity contribution in [2.75, 3.05) is 34.4 Å². The maximum absolute atomic E-state index is 13.0. The summed E-state index contributed by atoms with van der Waals surface area (Å²) in [5, 5.41) is 0. The average Bonchev–Trinajstić information content (AvgIpc) is 3.29. The number of rotatable bonds is 7. The van der Waals surface area contributed by atoms with E-state index in [1.165, 1.54) is 10.4 Å². The molecule has 0 radical (unpaired) electrons. The third-order valence-electron chi connectivity index (χ3n) is 5.33. The summed E-state index contributed by atoms with van der Waals surface area (Å²) in [4.78, 5) is 14.8. The van der Waals surface area contributed by atoms with Crippen LogP contribution < -0.4 is 9.47 Å². The van der Waals surface area contributed by atoms with Crippen LogP contribution in [-0.2, 0) is 16.6 Å². The van der Waals surface area contributed by atoms with Crippen molar-refractivity contribution in [3.8, 4) is 11.5 Å². The van der Waals surface area contributed by atoms with Crippen molar-refractivity contribution in [1.82, 2.24) is 9.21 Å². The highest BCUT2D eigenvalue weighted by Crippen LogP contribution is 2.28. The summed E-state index contributed by atoms with van der Waals surface area (Å²) in [6, 6.07) is 10.3. The molecule has 0 bridgehead atoms. The zero-order chi connectivity index (χ0) is 21.9. The minimum atomic E-state index is -3.59. The fourth-order valence-corrected chi connectivity index (χ4v) is 5.39. The van der Waals surface area contributed by atoms with Gasteiger partial charge in [0.05, 0.1) is 19.1 Å². The molecule has 30 heavy (non-hydrogen) atoms. The summed E-state index contributed by atoms with van der Waals surface area (Å²) >= 11 is 0. The van der Waals surface area contributed by atoms with Gasteiger partial charge in [0.2, 0.25) is 10.0 Å². The SMILES string of the molecule is COc1ccc(CN(C)C(=O)c2ccc(C)c(S(=O)(=O)N3CCCC3)c2)cc1OC. The van der Waals surface area contributed by atoms with E-state index in [1.54, 1.807) is 51.3 Å². The Morgan fingerprint density at radius 3 is 2.33 bits per heavy atom. The van der Waals surface area contributed by atoms with Crippen molar-refractivity contribution in [2.45, 2.75) is 31.2 Å². The van der Waals surface area contributed by atoms with Crippen LogP contribution in [0.15, 0.2) is 41.3 Å². The van der Waals surface area contributed by atoms with Crippen molar-refractivity contribution >= 4 is 15.9 Å². The van der Waals surface area contributed by atoms with E-state index >= 15 is 0 Å². The number of carbonyl (C=O) groups is 1. The number of methoxy groups -OCH3 is 2. The standard InChI is InChI=1S/C22H28N2O5S/c1-16-7-9-18(14-21(16)30(26,27)24-11-5-6-12-24)22(25)23(2)15-17-8-10-19(28-3)20(13-17)29-4/h7-10,13-14H,5-6,11-12,15H2,1-4H3. The first kappa shape index (κ1) is 22.1. The van der Waals surface area contributed by atoms with E-state index in [0.29, 0.717) is 42.3 Å². The average molecular weight is 433 g/mol. The van der Waals surface area contributed by atoms with Crippen LogP contribution in [0.1, 0.15) is 34.3 Å². The predicted molar refractivity (Wildman–Crippen MR) is 115 cm³/mol. The normalized spacial score (nSPS) is 14.5. The second-order valence-corrected chi connectivity index (χ2v) is 9.35. The highest BCUT2D eigenvalue weighted by Gasteiger charge is 2.29. The first-order chi connectivity index (χ1) is 14.3. The molecule has 0 spiro atoms. The third kappa shape index (κ3) is 4.44. The summed E-state index contributed by atoms with van der Waals surface area (Å²) < 4.78 is 38.1. The molecule has 162 valence electrons. The van der Waals surface area contributed by atoms with E-state index in [0.717, 1.165) is 18.4 Å². The molecule has 0 aliphatic carbocycles. The van der Waals surface area contributed by atoms with Crippen LogP contribution in [0.3, 0.4) is 0 Å². The van der Waals surface area contributed by atoms with Gasteiger partial charge in [0.25, 0.3) is 5.91 Å². The first-order valence-electron chi connectivity index (χ1n) is 9.85. The molecule has 3 rings (SSSR count). The lowest BCUT2D eigenvalue weighted by molar-refractivity contribution is 0.0784. The Bertz CT molecular complexity index is 1030. The lowest BCUT2D eigenvalue weighted by Gasteiger charge is -2.20. The molecule has 0 N–H and O–H groups in total. The summed E-state index contributed by atoms with van der Waals surface area (Å²) in [5.74, 6) is 0.957. The van der Waals surface area contributed by atoms with Crippen LogP contribution in [0.25, 0.3) is 0 Å². The van der Waals surface area contributed by atoms with Crippen LogP contribution in [-0.4, -0.2) is 57.9 Å². The van der Waals surface area contributed by atoms with Gasteiger partial charge < -0.3 is 14.4 Å². The molecule has 2 aromatic carbocycles. The predicted octanol–water partition coefficient (Wildman–Crippen LogP) is 3.07. The Kier molecular flexibility index (Phi) is 6.67. The lowest BCUT2D eigenvalue weighted by atomic mass is 10.1. The summed E-state index contributed by atoms with van der Waals surface area (Å²) in [7, 11) is 1.22. The number of sulfonamides is 1. The van der Waals surface area contributed by atoms with Gasteiger partial charge in [0, 0.05) is 32.2 Å². The molecule has 7 nitrogen and oxygen atoms in total. The molecule has 1 fully saturated rings. The van der Waals surface area contributed by atoms with Gasteiger partial charge in [-0.3, -0.25) is 4.79 Å². The Labute approximate surface area is 178 Å². The molecular weight excluding hydrogens is 404 g/mol. The van der Waals surface area contributed by atoms with E-state index in [1.807, 2.05) is 12.1 Å². The molecule has 1 amide bonds. The van der Waals surface area contributed by atoms with Crippen molar-refractivity contribution < 1.29 is 22.7 Å². The van der Waals surface area contributed by atoms with Gasteiger partial charge in [-0.1, -0.05) is 12.1 Å². The molecule has 1 heterocycles. The Balaban J connectivity index is 1.83. The van der Waals surface area contributed by atoms with Crippen molar-refractivity contribution in [3.63, 3.8) is 0 Å². The quantitative estimate of drug-likeness (QED) is 0.672. The van der Waals surface area contributed by atoms with Crippen LogP contribution in [0.2, 0.25) is 0 Å². The molecule has 8 heteroatoms. The maximum Gasteiger partial charge on any atom is 0.253 e. The smallest absolute Gasteiger partial charge is 0.253 e. The van der Waals surface area contributed by atoms with Gasteiger partial charge >= 0.3 is 0 Å². The minimum absolute atomic E-state index is 0.203. The van der Waals surface area contributed by atoms with Gasteiger partial charge in [-0.25, -0.2) is 8.42 Å². The summed E-state index contributed by atoms with van der Waals surface area (Å²) in [6.07, 6.45) is 1.73. The number of ether oxygens (including phenoxy) is 2. The second-order valence-electron chi connectivity index (χ2n) is 7.44. The molecule has 1 aliphatic rings. The highest BCUT2D eigenvalue weighted by atomic mass is 32.2. The molecular formula is C22H28N2O5S. The van der Waals surface area contributed by atoms with E-state index in [4.69, 9.17) is 9.47 Å². The zero-order valence-corrected chi connectivity index (χ0v) is 18.7. The molecule has 0 saturated carbocycles. The van der Waals surface area contributed by atoms with Gasteiger partial charge in [0.15, 0.2) is 11.5 Å². The van der Waals surface area contributed by atoms with Gasteiger partial charge in [-0.15, -0.1) is 0 Å². The number of nitrogens with zero attached hydrogens (tertiary/aromatic N) is 2. The minimum Gasteiger partial charge on any atom is -0.493 e. The van der Waals surface area contributed by atoms with E-state index < -0.39 is 10.0 Å². The Morgan fingerprint density at radius 1 is 1.03 bits per heavy atom. The van der Waals surface area contributed by atoms with Gasteiger partial charge in [0.1, 0.15) is 0 Å². The van der Waals surface area contributed by atoms with Crippen LogP contribution in [0.5, 0.6) is 11.5 Å². The number of hydrogen-bond acceptors (Lipinski definition) is 5. The second kappa shape index (κ2) is 9.06. The van der Waals surface area contributed by atoms with Gasteiger partial charge in [-0.05, 0) is 55.2 Å². The van der Waals surface area contributed by atoms with E-state index in [9.17, 15) is 13.2 Å². The number of hydrogen-bond donors (Lipinski definition) is 0.